The van der Waals surface area contributed by atoms with Crippen molar-refractivity contribution in [1.82, 2.24) is 5.32 Å². The summed E-state index contributed by atoms with van der Waals surface area (Å²) in [5, 5.41) is 14.2. The van der Waals surface area contributed by atoms with E-state index < -0.39 is 5.79 Å². The fourth-order valence-electron chi connectivity index (χ4n) is 2.34. The van der Waals surface area contributed by atoms with Gasteiger partial charge in [0.25, 0.3) is 0 Å². The minimum absolute atomic E-state index is 0.115. The largest absolute Gasteiger partial charge is 0.361 e. The Morgan fingerprint density at radius 1 is 1.44 bits per heavy atom. The van der Waals surface area contributed by atoms with Crippen LogP contribution in [0, 0.1) is 6.92 Å². The van der Waals surface area contributed by atoms with Crippen LogP contribution < -0.4 is 5.32 Å². The van der Waals surface area contributed by atoms with E-state index >= 15 is 0 Å². The first-order chi connectivity index (χ1) is 8.24. The van der Waals surface area contributed by atoms with E-state index in [1.54, 1.807) is 0 Å². The summed E-state index contributed by atoms with van der Waals surface area (Å²) in [5.74, 6) is -1.26. The van der Waals surface area contributed by atoms with Gasteiger partial charge in [0, 0.05) is 15.6 Å². The zero-order valence-corrected chi connectivity index (χ0v) is 12.8. The van der Waals surface area contributed by atoms with Crippen molar-refractivity contribution in [1.29, 1.82) is 0 Å². The molecule has 2 unspecified atom stereocenters. The van der Waals surface area contributed by atoms with Crippen molar-refractivity contribution in [3.8, 4) is 0 Å². The van der Waals surface area contributed by atoms with Gasteiger partial charge in [0.05, 0.1) is 12.6 Å². The lowest BCUT2D eigenvalue weighted by molar-refractivity contribution is -0.263. The van der Waals surface area contributed by atoms with E-state index in [-0.39, 0.29) is 11.6 Å². The summed E-state index contributed by atoms with van der Waals surface area (Å²) in [5.41, 5.74) is 1.76. The van der Waals surface area contributed by atoms with Crippen molar-refractivity contribution >= 4 is 15.9 Å². The summed E-state index contributed by atoms with van der Waals surface area (Å²) in [4.78, 5) is 0. The molecule has 4 heteroatoms. The summed E-state index contributed by atoms with van der Waals surface area (Å²) < 4.78 is 6.79. The van der Waals surface area contributed by atoms with E-state index in [1.165, 1.54) is 0 Å². The molecule has 1 aliphatic rings. The van der Waals surface area contributed by atoms with Crippen molar-refractivity contribution in [3.05, 3.63) is 33.8 Å². The molecule has 18 heavy (non-hydrogen) atoms. The fourth-order valence-corrected chi connectivity index (χ4v) is 2.59. The molecule has 0 saturated carbocycles. The number of morpholine rings is 1. The van der Waals surface area contributed by atoms with Gasteiger partial charge in [0.15, 0.2) is 0 Å². The predicted molar refractivity (Wildman–Crippen MR) is 75.4 cm³/mol. The molecule has 0 aliphatic carbocycles. The van der Waals surface area contributed by atoms with E-state index in [2.05, 4.69) is 35.1 Å². The lowest BCUT2D eigenvalue weighted by atomic mass is 9.92. The minimum atomic E-state index is -1.26. The van der Waals surface area contributed by atoms with E-state index in [9.17, 15) is 5.11 Å². The van der Waals surface area contributed by atoms with Crippen LogP contribution in [0.25, 0.3) is 0 Å². The van der Waals surface area contributed by atoms with Crippen molar-refractivity contribution in [3.63, 3.8) is 0 Å². The van der Waals surface area contributed by atoms with Crippen LogP contribution in [0.15, 0.2) is 22.7 Å². The standard InChI is InChI=1S/C14H20BrNO2/c1-9-7-11(5-6-12(9)15)14(17)10(2)16-13(3,4)8-18-14/h5-7,10,16-17H,8H2,1-4H3. The molecule has 0 amide bonds. The molecule has 1 fully saturated rings. The zero-order valence-electron chi connectivity index (χ0n) is 11.2. The van der Waals surface area contributed by atoms with E-state index in [0.29, 0.717) is 6.61 Å². The molecule has 2 N–H and O–H groups in total. The summed E-state index contributed by atoms with van der Waals surface area (Å²) in [6, 6.07) is 5.63. The average Bonchev–Trinajstić information content (AvgIpc) is 2.27. The Bertz CT molecular complexity index is 461. The number of benzene rings is 1. The molecule has 1 aromatic carbocycles. The molecular formula is C14H20BrNO2. The Kier molecular flexibility index (Phi) is 3.58. The quantitative estimate of drug-likeness (QED) is 0.837. The fraction of sp³-hybridized carbons (Fsp3) is 0.571. The highest BCUT2D eigenvalue weighted by atomic mass is 79.9. The van der Waals surface area contributed by atoms with Crippen molar-refractivity contribution < 1.29 is 9.84 Å². The van der Waals surface area contributed by atoms with Crippen LogP contribution in [0.5, 0.6) is 0 Å². The second kappa shape index (κ2) is 4.60. The zero-order chi connectivity index (χ0) is 13.6. The van der Waals surface area contributed by atoms with Gasteiger partial charge >= 0.3 is 0 Å². The lowest BCUT2D eigenvalue weighted by Gasteiger charge is -2.46. The third-order valence-corrected chi connectivity index (χ3v) is 4.31. The van der Waals surface area contributed by atoms with E-state index in [4.69, 9.17) is 4.74 Å². The Morgan fingerprint density at radius 3 is 2.67 bits per heavy atom. The highest BCUT2D eigenvalue weighted by Crippen LogP contribution is 2.34. The van der Waals surface area contributed by atoms with Crippen LogP contribution in [0.4, 0.5) is 0 Å². The number of hydrogen-bond acceptors (Lipinski definition) is 3. The Balaban J connectivity index is 2.34. The van der Waals surface area contributed by atoms with Gasteiger partial charge in [-0.15, -0.1) is 0 Å². The average molecular weight is 314 g/mol. The third-order valence-electron chi connectivity index (χ3n) is 3.42. The number of rotatable bonds is 1. The number of nitrogens with one attached hydrogen (secondary N) is 1. The first-order valence-corrected chi connectivity index (χ1v) is 6.94. The predicted octanol–water partition coefficient (Wildman–Crippen LogP) is 2.69. The molecule has 0 radical (unpaired) electrons. The molecule has 1 aliphatic heterocycles. The first kappa shape index (κ1) is 14.0. The van der Waals surface area contributed by atoms with Crippen LogP contribution in [0.2, 0.25) is 0 Å². The molecule has 0 aromatic heterocycles. The van der Waals surface area contributed by atoms with E-state index in [0.717, 1.165) is 15.6 Å². The number of ether oxygens (including phenoxy) is 1. The molecule has 3 nitrogen and oxygen atoms in total. The maximum atomic E-state index is 10.8. The van der Waals surface area contributed by atoms with Crippen LogP contribution in [0.1, 0.15) is 31.9 Å². The van der Waals surface area contributed by atoms with Crippen LogP contribution in [0.3, 0.4) is 0 Å². The summed E-state index contributed by atoms with van der Waals surface area (Å²) in [6.45, 7) is 8.55. The monoisotopic (exact) mass is 313 g/mol. The van der Waals surface area contributed by atoms with Crippen LogP contribution in [-0.2, 0) is 10.5 Å². The van der Waals surface area contributed by atoms with Crippen molar-refractivity contribution in [2.75, 3.05) is 6.61 Å². The van der Waals surface area contributed by atoms with Crippen molar-refractivity contribution in [2.45, 2.75) is 45.1 Å². The van der Waals surface area contributed by atoms with Gasteiger partial charge < -0.3 is 15.2 Å². The van der Waals surface area contributed by atoms with Gasteiger partial charge in [-0.3, -0.25) is 0 Å². The molecule has 0 bridgehead atoms. The minimum Gasteiger partial charge on any atom is -0.361 e. The van der Waals surface area contributed by atoms with Gasteiger partial charge in [-0.1, -0.05) is 22.0 Å². The molecule has 1 saturated heterocycles. The summed E-state index contributed by atoms with van der Waals surface area (Å²) in [6.07, 6.45) is 0. The highest BCUT2D eigenvalue weighted by molar-refractivity contribution is 9.10. The summed E-state index contributed by atoms with van der Waals surface area (Å²) >= 11 is 3.47. The van der Waals surface area contributed by atoms with Crippen molar-refractivity contribution in [2.24, 2.45) is 0 Å². The maximum Gasteiger partial charge on any atom is 0.208 e. The third kappa shape index (κ3) is 2.48. The molecule has 0 spiro atoms. The normalized spacial score (nSPS) is 31.3. The Morgan fingerprint density at radius 2 is 2.11 bits per heavy atom. The maximum absolute atomic E-state index is 10.8. The second-order valence-corrected chi connectivity index (χ2v) is 6.55. The molecule has 1 aromatic rings. The number of halogens is 1. The van der Waals surface area contributed by atoms with Gasteiger partial charge in [-0.25, -0.2) is 0 Å². The Hall–Kier alpha value is -0.420. The molecule has 100 valence electrons. The molecule has 1 heterocycles. The smallest absolute Gasteiger partial charge is 0.208 e. The number of aryl methyl sites for hydroxylation is 1. The Labute approximate surface area is 117 Å². The van der Waals surface area contributed by atoms with Gasteiger partial charge in [-0.2, -0.15) is 0 Å². The van der Waals surface area contributed by atoms with Crippen LogP contribution >= 0.6 is 15.9 Å². The van der Waals surface area contributed by atoms with Gasteiger partial charge in [0.1, 0.15) is 0 Å². The van der Waals surface area contributed by atoms with Crippen LogP contribution in [-0.4, -0.2) is 23.3 Å². The van der Waals surface area contributed by atoms with E-state index in [1.807, 2.05) is 32.0 Å². The van der Waals surface area contributed by atoms with Gasteiger partial charge in [0.2, 0.25) is 5.79 Å². The second-order valence-electron chi connectivity index (χ2n) is 5.70. The highest BCUT2D eigenvalue weighted by Gasteiger charge is 2.44. The SMILES string of the molecule is Cc1cc(C2(O)OCC(C)(C)NC2C)ccc1Br. The number of aliphatic hydroxyl groups is 1. The first-order valence-electron chi connectivity index (χ1n) is 6.15. The lowest BCUT2D eigenvalue weighted by Crippen LogP contribution is -2.63. The summed E-state index contributed by atoms with van der Waals surface area (Å²) in [7, 11) is 0. The number of hydrogen-bond donors (Lipinski definition) is 2. The molecule has 2 rings (SSSR count). The molecular weight excluding hydrogens is 294 g/mol. The van der Waals surface area contributed by atoms with Gasteiger partial charge in [-0.05, 0) is 45.4 Å². The topological polar surface area (TPSA) is 41.5 Å². The molecule has 2 atom stereocenters.